The maximum absolute atomic E-state index is 12.2. The molecule has 1 aromatic rings. The fraction of sp³-hybridized carbons (Fsp3) is 0.562. The molecule has 1 fully saturated rings. The summed E-state index contributed by atoms with van der Waals surface area (Å²) in [6.45, 7) is 0.0185. The maximum atomic E-state index is 12.2. The van der Waals surface area contributed by atoms with Gasteiger partial charge in [-0.2, -0.15) is 0 Å². The molecule has 2 rings (SSSR count). The van der Waals surface area contributed by atoms with Gasteiger partial charge < -0.3 is 15.2 Å². The third-order valence-electron chi connectivity index (χ3n) is 4.06. The van der Waals surface area contributed by atoms with Crippen LogP contribution in [-0.2, 0) is 11.2 Å². The van der Waals surface area contributed by atoms with Gasteiger partial charge in [-0.15, -0.1) is 0 Å². The molecule has 1 aliphatic carbocycles. The van der Waals surface area contributed by atoms with E-state index in [-0.39, 0.29) is 18.9 Å². The largest absolute Gasteiger partial charge is 0.496 e. The van der Waals surface area contributed by atoms with Crippen LogP contribution in [0.15, 0.2) is 24.3 Å². The molecule has 110 valence electrons. The van der Waals surface area contributed by atoms with E-state index >= 15 is 0 Å². The lowest BCUT2D eigenvalue weighted by molar-refractivity contribution is -0.123. The first-order chi connectivity index (χ1) is 9.69. The molecular weight excluding hydrogens is 254 g/mol. The Morgan fingerprint density at radius 3 is 2.65 bits per heavy atom. The quantitative estimate of drug-likeness (QED) is 0.866. The van der Waals surface area contributed by atoms with Crippen molar-refractivity contribution in [2.24, 2.45) is 0 Å². The molecule has 2 N–H and O–H groups in total. The number of aliphatic hydroxyl groups is 1. The Labute approximate surface area is 120 Å². The molecule has 0 heterocycles. The Hall–Kier alpha value is -1.55. The summed E-state index contributed by atoms with van der Waals surface area (Å²) in [6.07, 6.45) is 5.32. The van der Waals surface area contributed by atoms with E-state index in [0.717, 1.165) is 37.0 Å². The predicted octanol–water partition coefficient (Wildman–Crippen LogP) is 2.05. The number of rotatable bonds is 5. The third-order valence-corrected chi connectivity index (χ3v) is 4.06. The smallest absolute Gasteiger partial charge is 0.225 e. The fourth-order valence-corrected chi connectivity index (χ4v) is 2.91. The second-order valence-corrected chi connectivity index (χ2v) is 5.54. The van der Waals surface area contributed by atoms with E-state index in [1.165, 1.54) is 6.42 Å². The molecule has 0 saturated heterocycles. The number of para-hydroxylation sites is 1. The van der Waals surface area contributed by atoms with Gasteiger partial charge in [0.2, 0.25) is 5.91 Å². The van der Waals surface area contributed by atoms with Crippen molar-refractivity contribution in [2.75, 3.05) is 13.7 Å². The average molecular weight is 277 g/mol. The van der Waals surface area contributed by atoms with Crippen molar-refractivity contribution in [3.8, 4) is 5.75 Å². The van der Waals surface area contributed by atoms with Crippen LogP contribution < -0.4 is 10.1 Å². The number of hydrogen-bond donors (Lipinski definition) is 2. The summed E-state index contributed by atoms with van der Waals surface area (Å²) in [6, 6.07) is 7.53. The summed E-state index contributed by atoms with van der Waals surface area (Å²) in [7, 11) is 1.60. The standard InChI is InChI=1S/C16H23NO3/c1-20-14-8-4-3-7-13(14)11-15(19)17-16(12-18)9-5-2-6-10-16/h3-4,7-8,18H,2,5-6,9-12H2,1H3,(H,17,19). The molecule has 1 aliphatic rings. The Morgan fingerprint density at radius 1 is 1.30 bits per heavy atom. The van der Waals surface area contributed by atoms with Gasteiger partial charge in [0.25, 0.3) is 0 Å². The van der Waals surface area contributed by atoms with Gasteiger partial charge in [0.05, 0.1) is 25.7 Å². The Kier molecular flexibility index (Phi) is 5.01. The minimum Gasteiger partial charge on any atom is -0.496 e. The molecule has 0 unspecified atom stereocenters. The second-order valence-electron chi connectivity index (χ2n) is 5.54. The normalized spacial score (nSPS) is 17.5. The molecule has 0 radical (unpaired) electrons. The Balaban J connectivity index is 2.01. The van der Waals surface area contributed by atoms with E-state index in [2.05, 4.69) is 5.32 Å². The van der Waals surface area contributed by atoms with Crippen LogP contribution in [0.5, 0.6) is 5.75 Å². The van der Waals surface area contributed by atoms with E-state index < -0.39 is 5.54 Å². The summed E-state index contributed by atoms with van der Waals surface area (Å²) in [4.78, 5) is 12.2. The Morgan fingerprint density at radius 2 is 2.00 bits per heavy atom. The zero-order chi connectivity index (χ0) is 14.4. The number of nitrogens with one attached hydrogen (secondary N) is 1. The van der Waals surface area contributed by atoms with Crippen molar-refractivity contribution in [2.45, 2.75) is 44.1 Å². The van der Waals surface area contributed by atoms with E-state index in [9.17, 15) is 9.90 Å². The third kappa shape index (κ3) is 3.51. The van der Waals surface area contributed by atoms with E-state index in [4.69, 9.17) is 4.74 Å². The number of ether oxygens (including phenoxy) is 1. The van der Waals surface area contributed by atoms with Crippen LogP contribution in [0, 0.1) is 0 Å². The molecule has 4 nitrogen and oxygen atoms in total. The minimum atomic E-state index is -0.419. The van der Waals surface area contributed by atoms with Gasteiger partial charge in [-0.3, -0.25) is 4.79 Å². The van der Waals surface area contributed by atoms with E-state index in [1.54, 1.807) is 7.11 Å². The SMILES string of the molecule is COc1ccccc1CC(=O)NC1(CO)CCCCC1. The van der Waals surface area contributed by atoms with Crippen LogP contribution in [0.4, 0.5) is 0 Å². The number of methoxy groups -OCH3 is 1. The molecule has 1 aromatic carbocycles. The molecular formula is C16H23NO3. The summed E-state index contributed by atoms with van der Waals surface area (Å²) in [5.41, 5.74) is 0.452. The van der Waals surface area contributed by atoms with Crippen LogP contribution in [0.25, 0.3) is 0 Å². The van der Waals surface area contributed by atoms with Crippen molar-refractivity contribution < 1.29 is 14.6 Å². The lowest BCUT2D eigenvalue weighted by Gasteiger charge is -2.36. The number of carbonyl (C=O) groups excluding carboxylic acids is 1. The van der Waals surface area contributed by atoms with E-state index in [1.807, 2.05) is 24.3 Å². The van der Waals surface area contributed by atoms with Crippen LogP contribution in [0.3, 0.4) is 0 Å². The molecule has 20 heavy (non-hydrogen) atoms. The summed E-state index contributed by atoms with van der Waals surface area (Å²) in [5, 5.41) is 12.7. The van der Waals surface area contributed by atoms with Crippen molar-refractivity contribution in [3.05, 3.63) is 29.8 Å². The predicted molar refractivity (Wildman–Crippen MR) is 77.7 cm³/mol. The zero-order valence-corrected chi connectivity index (χ0v) is 12.0. The summed E-state index contributed by atoms with van der Waals surface area (Å²) < 4.78 is 5.26. The number of amides is 1. The first kappa shape index (κ1) is 14.9. The molecule has 0 atom stereocenters. The van der Waals surface area contributed by atoms with Crippen molar-refractivity contribution in [1.29, 1.82) is 0 Å². The molecule has 4 heteroatoms. The van der Waals surface area contributed by atoms with Crippen molar-refractivity contribution in [3.63, 3.8) is 0 Å². The van der Waals surface area contributed by atoms with Gasteiger partial charge in [0.15, 0.2) is 0 Å². The number of carbonyl (C=O) groups is 1. The number of benzene rings is 1. The van der Waals surface area contributed by atoms with Crippen molar-refractivity contribution in [1.82, 2.24) is 5.32 Å². The number of aliphatic hydroxyl groups excluding tert-OH is 1. The lowest BCUT2D eigenvalue weighted by Crippen LogP contribution is -2.52. The highest BCUT2D eigenvalue weighted by molar-refractivity contribution is 5.80. The molecule has 0 bridgehead atoms. The molecule has 0 spiro atoms. The highest BCUT2D eigenvalue weighted by Crippen LogP contribution is 2.28. The first-order valence-electron chi connectivity index (χ1n) is 7.23. The summed E-state index contributed by atoms with van der Waals surface area (Å²) in [5.74, 6) is 0.676. The first-order valence-corrected chi connectivity index (χ1v) is 7.23. The van der Waals surface area contributed by atoms with E-state index in [0.29, 0.717) is 0 Å². The fourth-order valence-electron chi connectivity index (χ4n) is 2.91. The van der Waals surface area contributed by atoms with Gasteiger partial charge >= 0.3 is 0 Å². The van der Waals surface area contributed by atoms with Gasteiger partial charge in [-0.25, -0.2) is 0 Å². The lowest BCUT2D eigenvalue weighted by atomic mass is 9.82. The highest BCUT2D eigenvalue weighted by Gasteiger charge is 2.32. The molecule has 0 aromatic heterocycles. The van der Waals surface area contributed by atoms with Gasteiger partial charge in [-0.1, -0.05) is 37.5 Å². The van der Waals surface area contributed by atoms with Gasteiger partial charge in [0, 0.05) is 5.56 Å². The van der Waals surface area contributed by atoms with Gasteiger partial charge in [-0.05, 0) is 18.9 Å². The zero-order valence-electron chi connectivity index (χ0n) is 12.0. The van der Waals surface area contributed by atoms with Crippen LogP contribution >= 0.6 is 0 Å². The minimum absolute atomic E-state index is 0.0185. The topological polar surface area (TPSA) is 58.6 Å². The average Bonchev–Trinajstić information content (AvgIpc) is 2.48. The number of hydrogen-bond acceptors (Lipinski definition) is 3. The Bertz CT molecular complexity index is 453. The molecule has 1 saturated carbocycles. The van der Waals surface area contributed by atoms with Gasteiger partial charge in [0.1, 0.15) is 5.75 Å². The molecule has 0 aliphatic heterocycles. The van der Waals surface area contributed by atoms with Crippen LogP contribution in [0.2, 0.25) is 0 Å². The summed E-state index contributed by atoms with van der Waals surface area (Å²) >= 11 is 0. The second kappa shape index (κ2) is 6.75. The van der Waals surface area contributed by atoms with Crippen LogP contribution in [0.1, 0.15) is 37.7 Å². The maximum Gasteiger partial charge on any atom is 0.225 e. The van der Waals surface area contributed by atoms with Crippen LogP contribution in [-0.4, -0.2) is 30.3 Å². The molecule has 1 amide bonds. The monoisotopic (exact) mass is 277 g/mol. The highest BCUT2D eigenvalue weighted by atomic mass is 16.5. The van der Waals surface area contributed by atoms with Crippen molar-refractivity contribution >= 4 is 5.91 Å².